The van der Waals surface area contributed by atoms with Crippen LogP contribution < -0.4 is 10.6 Å². The first-order valence-electron chi connectivity index (χ1n) is 4.96. The summed E-state index contributed by atoms with van der Waals surface area (Å²) in [7, 11) is 2.06. The Bertz CT molecular complexity index is 211. The molecule has 2 saturated heterocycles. The predicted molar refractivity (Wildman–Crippen MR) is 50.5 cm³/mol. The first-order valence-corrected chi connectivity index (χ1v) is 4.96. The molecule has 0 aromatic rings. The van der Waals surface area contributed by atoms with Gasteiger partial charge in [0.25, 0.3) is 0 Å². The molecule has 2 aliphatic rings. The quantitative estimate of drug-likeness (QED) is 0.515. The summed E-state index contributed by atoms with van der Waals surface area (Å²) in [6.45, 7) is 3.69. The highest BCUT2D eigenvalue weighted by Gasteiger charge is 2.44. The van der Waals surface area contributed by atoms with Crippen LogP contribution >= 0.6 is 0 Å². The van der Waals surface area contributed by atoms with Crippen LogP contribution in [0.1, 0.15) is 12.8 Å². The second kappa shape index (κ2) is 3.27. The maximum Gasteiger partial charge on any atom is 0.240 e. The lowest BCUT2D eigenvalue weighted by Crippen LogP contribution is -2.66. The Morgan fingerprint density at radius 3 is 2.62 bits per heavy atom. The van der Waals surface area contributed by atoms with Crippen LogP contribution in [0.2, 0.25) is 0 Å². The van der Waals surface area contributed by atoms with E-state index in [0.717, 1.165) is 39.0 Å². The van der Waals surface area contributed by atoms with Crippen molar-refractivity contribution in [2.24, 2.45) is 0 Å². The summed E-state index contributed by atoms with van der Waals surface area (Å²) < 4.78 is 0. The molecule has 4 nitrogen and oxygen atoms in total. The third kappa shape index (κ3) is 1.34. The van der Waals surface area contributed by atoms with Crippen molar-refractivity contribution in [2.75, 3.05) is 33.2 Å². The van der Waals surface area contributed by atoms with Gasteiger partial charge >= 0.3 is 0 Å². The maximum absolute atomic E-state index is 11.8. The maximum atomic E-state index is 11.8. The van der Waals surface area contributed by atoms with Crippen molar-refractivity contribution in [3.05, 3.63) is 0 Å². The van der Waals surface area contributed by atoms with E-state index in [1.165, 1.54) is 0 Å². The van der Waals surface area contributed by atoms with Crippen LogP contribution in [0.4, 0.5) is 0 Å². The van der Waals surface area contributed by atoms with Gasteiger partial charge in [0.1, 0.15) is 5.54 Å². The van der Waals surface area contributed by atoms with Crippen molar-refractivity contribution in [3.8, 4) is 0 Å². The van der Waals surface area contributed by atoms with Gasteiger partial charge in [0, 0.05) is 13.1 Å². The number of hydrogen-bond donors (Lipinski definition) is 2. The minimum absolute atomic E-state index is 0.205. The van der Waals surface area contributed by atoms with E-state index in [-0.39, 0.29) is 11.4 Å². The molecule has 2 aliphatic heterocycles. The fraction of sp³-hybridized carbons (Fsp3) is 0.889. The number of nitrogens with one attached hydrogen (secondary N) is 2. The smallest absolute Gasteiger partial charge is 0.240 e. The number of nitrogens with zero attached hydrogens (tertiary/aromatic N) is 1. The fourth-order valence-electron chi connectivity index (χ4n) is 2.34. The summed E-state index contributed by atoms with van der Waals surface area (Å²) in [5, 5.41) is 6.26. The molecule has 0 aromatic heterocycles. The van der Waals surface area contributed by atoms with E-state index in [2.05, 4.69) is 22.6 Å². The molecule has 0 saturated carbocycles. The molecule has 2 rings (SSSR count). The first kappa shape index (κ1) is 8.97. The van der Waals surface area contributed by atoms with Gasteiger partial charge in [-0.05, 0) is 33.0 Å². The number of piperidine rings is 1. The number of hydrogen-bond acceptors (Lipinski definition) is 3. The van der Waals surface area contributed by atoms with Crippen LogP contribution in [0, 0.1) is 0 Å². The molecule has 4 heteroatoms. The van der Waals surface area contributed by atoms with E-state index in [1.54, 1.807) is 0 Å². The number of carbonyl (C=O) groups is 1. The largest absolute Gasteiger partial charge is 0.353 e. The van der Waals surface area contributed by atoms with Gasteiger partial charge in [-0.2, -0.15) is 0 Å². The Balaban J connectivity index is 2.18. The molecule has 1 spiro atoms. The lowest BCUT2D eigenvalue weighted by molar-refractivity contribution is -0.138. The molecule has 2 N–H and O–H groups in total. The number of piperazine rings is 1. The minimum Gasteiger partial charge on any atom is -0.353 e. The zero-order valence-corrected chi connectivity index (χ0v) is 8.10. The molecule has 0 unspecified atom stereocenters. The molecular weight excluding hydrogens is 166 g/mol. The van der Waals surface area contributed by atoms with Crippen molar-refractivity contribution in [1.82, 2.24) is 15.5 Å². The van der Waals surface area contributed by atoms with E-state index in [0.29, 0.717) is 0 Å². The Hall–Kier alpha value is -0.610. The van der Waals surface area contributed by atoms with Gasteiger partial charge in [0.2, 0.25) is 5.91 Å². The third-order valence-corrected chi connectivity index (χ3v) is 3.32. The molecule has 0 aromatic carbocycles. The Morgan fingerprint density at radius 2 is 2.00 bits per heavy atom. The standard InChI is InChI=1S/C9H17N3O/c1-12-7-6-11-8(13)9(12)2-4-10-5-3-9/h10H,2-7H2,1H3,(H,11,13). The van der Waals surface area contributed by atoms with Crippen LogP contribution in [-0.2, 0) is 4.79 Å². The zero-order valence-electron chi connectivity index (χ0n) is 8.10. The van der Waals surface area contributed by atoms with Crippen molar-refractivity contribution in [1.29, 1.82) is 0 Å². The molecule has 2 heterocycles. The summed E-state index contributed by atoms with van der Waals surface area (Å²) >= 11 is 0. The third-order valence-electron chi connectivity index (χ3n) is 3.32. The molecule has 1 amide bonds. The predicted octanol–water partition coefficient (Wildman–Crippen LogP) is -0.830. The summed E-state index contributed by atoms with van der Waals surface area (Å²) in [4.78, 5) is 14.0. The molecule has 0 atom stereocenters. The number of rotatable bonds is 0. The lowest BCUT2D eigenvalue weighted by atomic mass is 9.84. The van der Waals surface area contributed by atoms with Gasteiger partial charge in [-0.1, -0.05) is 0 Å². The van der Waals surface area contributed by atoms with Crippen LogP contribution in [0.15, 0.2) is 0 Å². The fourth-order valence-corrected chi connectivity index (χ4v) is 2.34. The van der Waals surface area contributed by atoms with Gasteiger partial charge in [-0.3, -0.25) is 9.69 Å². The summed E-state index contributed by atoms with van der Waals surface area (Å²) in [5.74, 6) is 0.225. The van der Waals surface area contributed by atoms with Crippen molar-refractivity contribution in [3.63, 3.8) is 0 Å². The first-order chi connectivity index (χ1) is 6.26. The van der Waals surface area contributed by atoms with E-state index in [1.807, 2.05) is 0 Å². The van der Waals surface area contributed by atoms with Crippen LogP contribution in [-0.4, -0.2) is 49.6 Å². The van der Waals surface area contributed by atoms with Crippen molar-refractivity contribution >= 4 is 5.91 Å². The molecule has 0 radical (unpaired) electrons. The summed E-state index contributed by atoms with van der Waals surface area (Å²) in [5.41, 5.74) is -0.205. The lowest BCUT2D eigenvalue weighted by Gasteiger charge is -2.46. The van der Waals surface area contributed by atoms with E-state index >= 15 is 0 Å². The van der Waals surface area contributed by atoms with Gasteiger partial charge in [-0.25, -0.2) is 0 Å². The monoisotopic (exact) mass is 183 g/mol. The zero-order chi connectivity index (χ0) is 9.31. The average Bonchev–Trinajstić information content (AvgIpc) is 2.16. The number of likely N-dealkylation sites (N-methyl/N-ethyl adjacent to an activating group) is 1. The topological polar surface area (TPSA) is 44.4 Å². The summed E-state index contributed by atoms with van der Waals surface area (Å²) in [6, 6.07) is 0. The summed E-state index contributed by atoms with van der Waals surface area (Å²) in [6.07, 6.45) is 1.88. The van der Waals surface area contributed by atoms with Crippen molar-refractivity contribution in [2.45, 2.75) is 18.4 Å². The average molecular weight is 183 g/mol. The van der Waals surface area contributed by atoms with E-state index in [9.17, 15) is 4.79 Å². The molecule has 2 fully saturated rings. The highest BCUT2D eigenvalue weighted by Crippen LogP contribution is 2.26. The Morgan fingerprint density at radius 1 is 1.31 bits per heavy atom. The van der Waals surface area contributed by atoms with E-state index in [4.69, 9.17) is 0 Å². The number of amides is 1. The minimum atomic E-state index is -0.205. The van der Waals surface area contributed by atoms with Crippen LogP contribution in [0.5, 0.6) is 0 Å². The second-order valence-corrected chi connectivity index (χ2v) is 3.96. The highest BCUT2D eigenvalue weighted by atomic mass is 16.2. The SMILES string of the molecule is CN1CCNC(=O)C12CCNCC2. The molecular formula is C9H17N3O. The Labute approximate surface area is 78.7 Å². The van der Waals surface area contributed by atoms with Crippen LogP contribution in [0.3, 0.4) is 0 Å². The number of carbonyl (C=O) groups excluding carboxylic acids is 1. The molecule has 74 valence electrons. The van der Waals surface area contributed by atoms with E-state index < -0.39 is 0 Å². The van der Waals surface area contributed by atoms with Crippen molar-refractivity contribution < 1.29 is 4.79 Å². The van der Waals surface area contributed by atoms with Crippen LogP contribution in [0.25, 0.3) is 0 Å². The Kier molecular flexibility index (Phi) is 2.26. The highest BCUT2D eigenvalue weighted by molar-refractivity contribution is 5.87. The second-order valence-electron chi connectivity index (χ2n) is 3.96. The molecule has 0 bridgehead atoms. The molecule has 13 heavy (non-hydrogen) atoms. The molecule has 0 aliphatic carbocycles. The normalized spacial score (nSPS) is 28.8. The van der Waals surface area contributed by atoms with Gasteiger partial charge < -0.3 is 10.6 Å². The van der Waals surface area contributed by atoms with Gasteiger partial charge in [-0.15, -0.1) is 0 Å². The van der Waals surface area contributed by atoms with Gasteiger partial charge in [0.15, 0.2) is 0 Å². The van der Waals surface area contributed by atoms with Gasteiger partial charge in [0.05, 0.1) is 0 Å².